The van der Waals surface area contributed by atoms with E-state index < -0.39 is 29.6 Å². The van der Waals surface area contributed by atoms with Gasteiger partial charge < -0.3 is 24.4 Å². The molecule has 0 unspecified atom stereocenters. The Morgan fingerprint density at radius 3 is 2.66 bits per heavy atom. The highest BCUT2D eigenvalue weighted by Gasteiger charge is 2.47. The van der Waals surface area contributed by atoms with Crippen LogP contribution in [0.3, 0.4) is 0 Å². The molecule has 2 aliphatic heterocycles. The summed E-state index contributed by atoms with van der Waals surface area (Å²) in [5.41, 5.74) is 1.07. The van der Waals surface area contributed by atoms with E-state index in [1.807, 2.05) is 32.9 Å². The maximum atomic E-state index is 14.0. The summed E-state index contributed by atoms with van der Waals surface area (Å²) >= 11 is 0. The normalized spacial score (nSPS) is 26.8. The largest absolute Gasteiger partial charge is 0.497 e. The Balaban J connectivity index is 1.52. The van der Waals surface area contributed by atoms with Crippen molar-refractivity contribution in [1.29, 1.82) is 0 Å². The predicted molar refractivity (Wildman–Crippen MR) is 151 cm³/mol. The Labute approximate surface area is 240 Å². The number of aromatic nitrogens is 2. The molecular weight excluding hydrogens is 524 g/mol. The quantitative estimate of drug-likeness (QED) is 0.438. The number of benzene rings is 1. The number of rotatable bonds is 2. The van der Waals surface area contributed by atoms with E-state index in [9.17, 15) is 14.4 Å². The smallest absolute Gasteiger partial charge is 0.328 e. The van der Waals surface area contributed by atoms with Crippen molar-refractivity contribution >= 4 is 28.8 Å². The van der Waals surface area contributed by atoms with E-state index in [1.165, 1.54) is 12.0 Å². The number of carbonyl (C=O) groups excluding carboxylic acids is 3. The van der Waals surface area contributed by atoms with Crippen molar-refractivity contribution in [1.82, 2.24) is 20.2 Å². The van der Waals surface area contributed by atoms with E-state index in [2.05, 4.69) is 17.2 Å². The predicted octanol–water partition coefficient (Wildman–Crippen LogP) is 3.25. The van der Waals surface area contributed by atoms with Gasteiger partial charge in [-0.25, -0.2) is 14.8 Å². The van der Waals surface area contributed by atoms with Crippen LogP contribution in [-0.4, -0.2) is 71.6 Å². The van der Waals surface area contributed by atoms with Gasteiger partial charge in [0, 0.05) is 25.3 Å². The maximum Gasteiger partial charge on any atom is 0.328 e. The maximum absolute atomic E-state index is 14.0. The summed E-state index contributed by atoms with van der Waals surface area (Å²) in [6.45, 7) is 5.84. The molecule has 2 aromatic rings. The van der Waals surface area contributed by atoms with Gasteiger partial charge >= 0.3 is 5.97 Å². The molecule has 41 heavy (non-hydrogen) atoms. The first-order valence-electron chi connectivity index (χ1n) is 14.3. The van der Waals surface area contributed by atoms with Crippen LogP contribution in [0.4, 0.5) is 0 Å². The molecule has 5 rings (SSSR count). The van der Waals surface area contributed by atoms with E-state index in [0.717, 1.165) is 19.3 Å². The van der Waals surface area contributed by atoms with Crippen LogP contribution >= 0.6 is 0 Å². The summed E-state index contributed by atoms with van der Waals surface area (Å²) in [5, 5.41) is 3.00. The highest BCUT2D eigenvalue weighted by molar-refractivity contribution is 5.92. The molecule has 1 saturated heterocycles. The minimum absolute atomic E-state index is 0.121. The highest BCUT2D eigenvalue weighted by atomic mass is 16.5. The zero-order chi connectivity index (χ0) is 29.3. The van der Waals surface area contributed by atoms with E-state index in [0.29, 0.717) is 47.2 Å². The summed E-state index contributed by atoms with van der Waals surface area (Å²) in [5.74, 6) is 7.03. The van der Waals surface area contributed by atoms with Gasteiger partial charge in [0.2, 0.25) is 17.7 Å². The van der Waals surface area contributed by atoms with Gasteiger partial charge in [-0.1, -0.05) is 26.7 Å². The van der Waals surface area contributed by atoms with Gasteiger partial charge in [-0.3, -0.25) is 9.59 Å². The van der Waals surface area contributed by atoms with Crippen LogP contribution in [0.25, 0.3) is 11.0 Å². The fraction of sp³-hybridized carbons (Fsp3) is 0.581. The molecule has 10 nitrogen and oxygen atoms in total. The lowest BCUT2D eigenvalue weighted by Gasteiger charge is -2.35. The Hall–Kier alpha value is -3.87. The van der Waals surface area contributed by atoms with Crippen LogP contribution in [0, 0.1) is 29.1 Å². The molecule has 1 aliphatic carbocycles. The van der Waals surface area contributed by atoms with Crippen LogP contribution < -0.4 is 14.8 Å². The molecule has 1 saturated carbocycles. The zero-order valence-corrected chi connectivity index (χ0v) is 24.4. The van der Waals surface area contributed by atoms with Gasteiger partial charge in [0.1, 0.15) is 23.9 Å². The molecular formula is C31H38N4O6. The number of methoxy groups -OCH3 is 2. The van der Waals surface area contributed by atoms with E-state index >= 15 is 0 Å². The summed E-state index contributed by atoms with van der Waals surface area (Å²) in [6, 6.07) is 3.74. The van der Waals surface area contributed by atoms with Gasteiger partial charge in [-0.2, -0.15) is 0 Å². The first kappa shape index (κ1) is 28.7. The number of amides is 2. The van der Waals surface area contributed by atoms with Crippen LogP contribution in [-0.2, 0) is 19.1 Å². The molecule has 1 aromatic carbocycles. The number of hydrogen-bond acceptors (Lipinski definition) is 8. The average Bonchev–Trinajstić information content (AvgIpc) is 3.53. The second kappa shape index (κ2) is 11.6. The summed E-state index contributed by atoms with van der Waals surface area (Å²) in [4.78, 5) is 50.8. The first-order valence-corrected chi connectivity index (χ1v) is 14.3. The molecule has 10 heteroatoms. The topological polar surface area (TPSA) is 120 Å². The summed E-state index contributed by atoms with van der Waals surface area (Å²) in [7, 11) is 2.88. The number of nitrogens with zero attached hydrogens (tertiary/aromatic N) is 3. The minimum Gasteiger partial charge on any atom is -0.497 e. The van der Waals surface area contributed by atoms with Crippen molar-refractivity contribution in [2.45, 2.75) is 77.5 Å². The Morgan fingerprint density at radius 1 is 1.12 bits per heavy atom. The number of nitrogens with one attached hydrogen (secondary N) is 1. The molecule has 1 N–H and O–H groups in total. The van der Waals surface area contributed by atoms with Crippen LogP contribution in [0.1, 0.15) is 65.0 Å². The highest BCUT2D eigenvalue weighted by Crippen LogP contribution is 2.44. The Morgan fingerprint density at radius 2 is 1.93 bits per heavy atom. The molecule has 2 amide bonds. The van der Waals surface area contributed by atoms with Crippen molar-refractivity contribution in [3.05, 3.63) is 23.9 Å². The Bertz CT molecular complexity index is 1410. The number of fused-ring (bicyclic) bond motifs is 5. The van der Waals surface area contributed by atoms with Gasteiger partial charge in [0.25, 0.3) is 0 Å². The number of hydrogen-bond donors (Lipinski definition) is 1. The third-order valence-electron chi connectivity index (χ3n) is 8.16. The molecule has 2 bridgehead atoms. The van der Waals surface area contributed by atoms with Crippen LogP contribution in [0.2, 0.25) is 0 Å². The molecule has 218 valence electrons. The van der Waals surface area contributed by atoms with E-state index in [1.54, 1.807) is 13.2 Å². The Kier molecular flexibility index (Phi) is 8.07. The second-order valence-electron chi connectivity index (χ2n) is 12.3. The number of carbonyl (C=O) groups is 3. The third kappa shape index (κ3) is 6.39. The van der Waals surface area contributed by atoms with Crippen molar-refractivity contribution in [3.63, 3.8) is 0 Å². The first-order chi connectivity index (χ1) is 19.6. The second-order valence-corrected chi connectivity index (χ2v) is 12.3. The lowest BCUT2D eigenvalue weighted by molar-refractivity contribution is -0.153. The van der Waals surface area contributed by atoms with Crippen molar-refractivity contribution < 1.29 is 28.6 Å². The fourth-order valence-corrected chi connectivity index (χ4v) is 5.74. The SMILES string of the molecule is COC(=O)[C@@H]1C[C@@H]2CN1C(=O)[C@H](C(C)(C)C)NC(=O)C[C@@H]1C[C@H]1CCCC#Cc1nc3ccc(OC)cc3nc1O2. The van der Waals surface area contributed by atoms with E-state index in [4.69, 9.17) is 24.2 Å². The zero-order valence-electron chi connectivity index (χ0n) is 24.4. The molecule has 5 atom stereocenters. The molecule has 1 aromatic heterocycles. The summed E-state index contributed by atoms with van der Waals surface area (Å²) in [6.07, 6.45) is 3.65. The molecule has 3 heterocycles. The molecule has 2 fully saturated rings. The summed E-state index contributed by atoms with van der Waals surface area (Å²) < 4.78 is 16.8. The number of ether oxygens (including phenoxy) is 3. The average molecular weight is 563 g/mol. The monoisotopic (exact) mass is 562 g/mol. The van der Waals surface area contributed by atoms with Gasteiger partial charge in [0.15, 0.2) is 5.69 Å². The van der Waals surface area contributed by atoms with Crippen molar-refractivity contribution in [2.75, 3.05) is 20.8 Å². The standard InChI is InChI=1S/C31H38N4O6/c1-31(2,3)27-29(37)35-17-21(16-25(35)30(38)40-5)41-28-23(32-22-12-11-20(39-4)15-24(22)33-28)10-8-6-7-9-18-13-19(18)14-26(36)34-27/h11-12,15,18-19,21,25,27H,6-7,9,13-14,16-17H2,1-5H3,(H,34,36)/t18-,19+,21-,25+,27-/m1/s1. The van der Waals surface area contributed by atoms with Gasteiger partial charge in [-0.15, -0.1) is 0 Å². The lowest BCUT2D eigenvalue weighted by Crippen LogP contribution is -2.57. The molecule has 0 radical (unpaired) electrons. The van der Waals surface area contributed by atoms with Gasteiger partial charge in [0.05, 0.1) is 31.8 Å². The molecule has 3 aliphatic rings. The third-order valence-corrected chi connectivity index (χ3v) is 8.16. The lowest BCUT2D eigenvalue weighted by atomic mass is 9.85. The van der Waals surface area contributed by atoms with Gasteiger partial charge in [-0.05, 0) is 54.6 Å². The minimum atomic E-state index is -0.864. The molecule has 0 spiro atoms. The van der Waals surface area contributed by atoms with Crippen LogP contribution in [0.5, 0.6) is 11.6 Å². The number of esters is 1. The van der Waals surface area contributed by atoms with Crippen LogP contribution in [0.15, 0.2) is 18.2 Å². The van der Waals surface area contributed by atoms with Crippen molar-refractivity contribution in [2.24, 2.45) is 17.3 Å². The van der Waals surface area contributed by atoms with E-state index in [-0.39, 0.29) is 30.7 Å². The van der Waals surface area contributed by atoms with Crippen molar-refractivity contribution in [3.8, 4) is 23.5 Å². The fourth-order valence-electron chi connectivity index (χ4n) is 5.74.